The van der Waals surface area contributed by atoms with Crippen molar-refractivity contribution in [3.8, 4) is 22.8 Å². The van der Waals surface area contributed by atoms with Crippen LogP contribution in [0.2, 0.25) is 10.0 Å². The predicted molar refractivity (Wildman–Crippen MR) is 121 cm³/mol. The lowest BCUT2D eigenvalue weighted by atomic mass is 10.1. The van der Waals surface area contributed by atoms with E-state index < -0.39 is 0 Å². The van der Waals surface area contributed by atoms with Crippen LogP contribution in [0, 0.1) is 0 Å². The van der Waals surface area contributed by atoms with E-state index in [0.29, 0.717) is 45.4 Å². The smallest absolute Gasteiger partial charge is 0.143 e. The Bertz CT molecular complexity index is 1050. The van der Waals surface area contributed by atoms with E-state index in [1.807, 2.05) is 18.2 Å². The van der Waals surface area contributed by atoms with Gasteiger partial charge in [0.2, 0.25) is 0 Å². The number of anilines is 3. The summed E-state index contributed by atoms with van der Waals surface area (Å²) in [7, 11) is 3.05. The zero-order valence-corrected chi connectivity index (χ0v) is 18.5. The molecule has 0 spiro atoms. The van der Waals surface area contributed by atoms with Crippen molar-refractivity contribution >= 4 is 40.5 Å². The van der Waals surface area contributed by atoms with Crippen LogP contribution in [0.3, 0.4) is 0 Å². The number of halogens is 2. The molecule has 3 heterocycles. The summed E-state index contributed by atoms with van der Waals surface area (Å²) in [6.07, 6.45) is 4.12. The number of pyridine rings is 1. The third kappa shape index (κ3) is 4.61. The van der Waals surface area contributed by atoms with E-state index >= 15 is 0 Å². The summed E-state index contributed by atoms with van der Waals surface area (Å²) in [5.74, 6) is 2.09. The molecular weight excluding hydrogens is 441 g/mol. The number of ether oxygens (including phenoxy) is 3. The normalized spacial score (nSPS) is 15.5. The minimum atomic E-state index is 0.233. The fourth-order valence-corrected chi connectivity index (χ4v) is 3.86. The Morgan fingerprint density at radius 1 is 1.06 bits per heavy atom. The second-order valence-electron chi connectivity index (χ2n) is 6.80. The Balaban J connectivity index is 1.69. The Morgan fingerprint density at radius 2 is 1.84 bits per heavy atom. The highest BCUT2D eigenvalue weighted by Gasteiger charge is 2.20. The summed E-state index contributed by atoms with van der Waals surface area (Å²) in [5, 5.41) is 7.22. The lowest BCUT2D eigenvalue weighted by molar-refractivity contribution is 0.195. The van der Waals surface area contributed by atoms with Crippen molar-refractivity contribution in [3.63, 3.8) is 0 Å². The van der Waals surface area contributed by atoms with E-state index in [4.69, 9.17) is 37.4 Å². The van der Waals surface area contributed by atoms with Crippen LogP contribution < -0.4 is 20.1 Å². The molecule has 0 radical (unpaired) electrons. The summed E-state index contributed by atoms with van der Waals surface area (Å²) >= 11 is 13.0. The molecule has 2 N–H and O–H groups in total. The molecule has 0 unspecified atom stereocenters. The van der Waals surface area contributed by atoms with E-state index in [9.17, 15) is 0 Å². The van der Waals surface area contributed by atoms with Crippen LogP contribution >= 0.6 is 23.2 Å². The lowest BCUT2D eigenvalue weighted by Gasteiger charge is -2.17. The number of nitrogens with zero attached hydrogens (tertiary/aromatic N) is 3. The highest BCUT2D eigenvalue weighted by Crippen LogP contribution is 2.45. The molecule has 2 aromatic heterocycles. The monoisotopic (exact) mass is 461 g/mol. The molecule has 1 saturated heterocycles. The van der Waals surface area contributed by atoms with Crippen molar-refractivity contribution < 1.29 is 14.2 Å². The van der Waals surface area contributed by atoms with Gasteiger partial charge in [-0.05, 0) is 18.6 Å². The van der Waals surface area contributed by atoms with Crippen LogP contribution in [0.15, 0.2) is 36.8 Å². The maximum atomic E-state index is 6.51. The molecule has 10 heteroatoms. The lowest BCUT2D eigenvalue weighted by Crippen LogP contribution is -2.19. The second kappa shape index (κ2) is 9.55. The summed E-state index contributed by atoms with van der Waals surface area (Å²) in [6.45, 7) is 1.41. The number of hydrogen-bond acceptors (Lipinski definition) is 8. The quantitative estimate of drug-likeness (QED) is 0.517. The first-order valence-corrected chi connectivity index (χ1v) is 10.3. The van der Waals surface area contributed by atoms with Crippen molar-refractivity contribution in [2.24, 2.45) is 0 Å². The molecule has 31 heavy (non-hydrogen) atoms. The Hall–Kier alpha value is -2.81. The van der Waals surface area contributed by atoms with Gasteiger partial charge in [0.1, 0.15) is 39.5 Å². The Labute approximate surface area is 189 Å². The number of hydrogen-bond donors (Lipinski definition) is 2. The maximum Gasteiger partial charge on any atom is 0.143 e. The Morgan fingerprint density at radius 3 is 2.52 bits per heavy atom. The molecule has 1 aliphatic heterocycles. The minimum absolute atomic E-state index is 0.233. The second-order valence-corrected chi connectivity index (χ2v) is 7.56. The first kappa shape index (κ1) is 21.4. The SMILES string of the molecule is COc1cc(OC)c(Cl)c(Nc2ncccc2-c2cc(N[C@H]3CCOC3)ncn2)c1Cl. The van der Waals surface area contributed by atoms with Crippen molar-refractivity contribution in [3.05, 3.63) is 46.8 Å². The number of nitrogens with one attached hydrogen (secondary N) is 2. The highest BCUT2D eigenvalue weighted by atomic mass is 35.5. The van der Waals surface area contributed by atoms with Crippen LogP contribution in [-0.2, 0) is 4.74 Å². The van der Waals surface area contributed by atoms with Gasteiger partial charge in [0.25, 0.3) is 0 Å². The van der Waals surface area contributed by atoms with E-state index in [1.165, 1.54) is 20.5 Å². The minimum Gasteiger partial charge on any atom is -0.495 e. The van der Waals surface area contributed by atoms with Crippen LogP contribution in [0.1, 0.15) is 6.42 Å². The van der Waals surface area contributed by atoms with Gasteiger partial charge in [-0.1, -0.05) is 23.2 Å². The summed E-state index contributed by atoms with van der Waals surface area (Å²) in [4.78, 5) is 13.2. The highest BCUT2D eigenvalue weighted by molar-refractivity contribution is 6.41. The van der Waals surface area contributed by atoms with Gasteiger partial charge in [0, 0.05) is 30.5 Å². The molecule has 8 nitrogen and oxygen atoms in total. The largest absolute Gasteiger partial charge is 0.495 e. The molecule has 0 bridgehead atoms. The van der Waals surface area contributed by atoms with Gasteiger partial charge in [-0.25, -0.2) is 15.0 Å². The van der Waals surface area contributed by atoms with E-state index in [2.05, 4.69) is 25.6 Å². The molecule has 3 aromatic rings. The predicted octanol–water partition coefficient (Wildman–Crippen LogP) is 4.81. The van der Waals surface area contributed by atoms with Crippen LogP contribution in [0.4, 0.5) is 17.3 Å². The van der Waals surface area contributed by atoms with Crippen molar-refractivity contribution in [1.82, 2.24) is 15.0 Å². The van der Waals surface area contributed by atoms with Crippen LogP contribution in [-0.4, -0.2) is 48.4 Å². The van der Waals surface area contributed by atoms with Crippen molar-refractivity contribution in [1.29, 1.82) is 0 Å². The molecule has 1 aromatic carbocycles. The van der Waals surface area contributed by atoms with Gasteiger partial charge in [0.05, 0.1) is 38.2 Å². The maximum absolute atomic E-state index is 6.51. The number of benzene rings is 1. The summed E-state index contributed by atoms with van der Waals surface area (Å²) in [6, 6.07) is 7.46. The molecule has 0 saturated carbocycles. The van der Waals surface area contributed by atoms with Crippen LogP contribution in [0.25, 0.3) is 11.3 Å². The summed E-state index contributed by atoms with van der Waals surface area (Å²) in [5.41, 5.74) is 1.87. The average molecular weight is 462 g/mol. The van der Waals surface area contributed by atoms with Gasteiger partial charge in [-0.2, -0.15) is 0 Å². The molecule has 1 fully saturated rings. The Kier molecular flexibility index (Phi) is 6.60. The number of rotatable bonds is 7. The zero-order chi connectivity index (χ0) is 21.8. The number of methoxy groups -OCH3 is 2. The van der Waals surface area contributed by atoms with Crippen LogP contribution in [0.5, 0.6) is 11.5 Å². The van der Waals surface area contributed by atoms with E-state index in [1.54, 1.807) is 12.3 Å². The average Bonchev–Trinajstić information content (AvgIpc) is 3.30. The van der Waals surface area contributed by atoms with Gasteiger partial charge in [-0.3, -0.25) is 0 Å². The number of aromatic nitrogens is 3. The third-order valence-corrected chi connectivity index (χ3v) is 5.60. The van der Waals surface area contributed by atoms with Gasteiger partial charge < -0.3 is 24.8 Å². The zero-order valence-electron chi connectivity index (χ0n) is 17.0. The standard InChI is InChI=1S/C21H21Cl2N5O3/c1-29-15-9-16(30-2)19(23)20(18(15)22)28-21-13(4-3-6-24-21)14-8-17(26-11-25-14)27-12-5-7-31-10-12/h3-4,6,8-9,11-12H,5,7,10H2,1-2H3,(H,24,28)(H,25,26,27)/t12-/m0/s1. The van der Waals surface area contributed by atoms with Gasteiger partial charge >= 0.3 is 0 Å². The molecular formula is C21H21Cl2N5O3. The third-order valence-electron chi connectivity index (χ3n) is 4.85. The molecule has 0 amide bonds. The molecule has 0 aliphatic carbocycles. The first-order valence-electron chi connectivity index (χ1n) is 9.59. The molecule has 1 aliphatic rings. The topological polar surface area (TPSA) is 90.4 Å². The van der Waals surface area contributed by atoms with E-state index in [-0.39, 0.29) is 6.04 Å². The molecule has 1 atom stereocenters. The molecule has 162 valence electrons. The first-order chi connectivity index (χ1) is 15.1. The van der Waals surface area contributed by atoms with E-state index in [0.717, 1.165) is 24.4 Å². The van der Waals surface area contributed by atoms with Crippen molar-refractivity contribution in [2.75, 3.05) is 38.1 Å². The van der Waals surface area contributed by atoms with Gasteiger partial charge in [0.15, 0.2) is 0 Å². The fourth-order valence-electron chi connectivity index (χ4n) is 3.27. The van der Waals surface area contributed by atoms with Gasteiger partial charge in [-0.15, -0.1) is 0 Å². The summed E-state index contributed by atoms with van der Waals surface area (Å²) < 4.78 is 16.1. The van der Waals surface area contributed by atoms with Crippen molar-refractivity contribution in [2.45, 2.75) is 12.5 Å². The molecule has 4 rings (SSSR count). The fraction of sp³-hybridized carbons (Fsp3) is 0.286.